The number of nitrogens with zero attached hydrogens (tertiary/aromatic N) is 2. The molecule has 0 atom stereocenters. The average molecular weight is 371 g/mol. The van der Waals surface area contributed by atoms with Crippen LogP contribution < -0.4 is 5.32 Å². The lowest BCUT2D eigenvalue weighted by atomic mass is 10.2. The lowest BCUT2D eigenvalue weighted by Crippen LogP contribution is -2.37. The average Bonchev–Trinajstić information content (AvgIpc) is 3.15. The maximum atomic E-state index is 13.0. The molecule has 0 bridgehead atoms. The molecule has 7 nitrogen and oxygen atoms in total. The highest BCUT2D eigenvalue weighted by Gasteiger charge is 2.27. The summed E-state index contributed by atoms with van der Waals surface area (Å²) < 4.78 is 31.8. The summed E-state index contributed by atoms with van der Waals surface area (Å²) in [5.41, 5.74) is 0.779. The summed E-state index contributed by atoms with van der Waals surface area (Å²) in [5, 5.41) is 6.10. The summed E-state index contributed by atoms with van der Waals surface area (Å²) >= 11 is 0. The molecule has 0 saturated heterocycles. The predicted octanol–water partition coefficient (Wildman–Crippen LogP) is 2.50. The number of nitrogens with one attached hydrogen (secondary N) is 1. The summed E-state index contributed by atoms with van der Waals surface area (Å²) in [7, 11) is -3.84. The van der Waals surface area contributed by atoms with Gasteiger partial charge in [-0.25, -0.2) is 8.42 Å². The van der Waals surface area contributed by atoms with E-state index in [4.69, 9.17) is 0 Å². The molecule has 1 aromatic heterocycles. The topological polar surface area (TPSA) is 92.5 Å². The number of aromatic nitrogens is 1. The number of carbonyl (C=O) groups is 1. The standard InChI is InChI=1S/C18H17N3O4S/c22-18(19-17-11-12-25-20-17)14-21(13-15-7-3-1-4-8-15)26(23,24)16-9-5-2-6-10-16/h1-12H,13-14H2,(H,19,20,22). The predicted molar refractivity (Wildman–Crippen MR) is 95.6 cm³/mol. The summed E-state index contributed by atoms with van der Waals surface area (Å²) in [5.74, 6) is -0.277. The van der Waals surface area contributed by atoms with Gasteiger partial charge in [0, 0.05) is 12.6 Å². The molecule has 3 rings (SSSR count). The van der Waals surface area contributed by atoms with Crippen molar-refractivity contribution < 1.29 is 17.7 Å². The number of carbonyl (C=O) groups excluding carboxylic acids is 1. The van der Waals surface area contributed by atoms with Crippen molar-refractivity contribution >= 4 is 21.7 Å². The van der Waals surface area contributed by atoms with Crippen LogP contribution in [0, 0.1) is 0 Å². The summed E-state index contributed by atoms with van der Waals surface area (Å²) in [6, 6.07) is 18.6. The van der Waals surface area contributed by atoms with Crippen molar-refractivity contribution in [2.45, 2.75) is 11.4 Å². The normalized spacial score (nSPS) is 11.4. The minimum Gasteiger partial charge on any atom is -0.363 e. The molecule has 0 spiro atoms. The third-order valence-corrected chi connectivity index (χ3v) is 5.41. The van der Waals surface area contributed by atoms with Gasteiger partial charge in [-0.05, 0) is 17.7 Å². The Morgan fingerprint density at radius 2 is 1.65 bits per heavy atom. The van der Waals surface area contributed by atoms with Crippen molar-refractivity contribution in [1.29, 1.82) is 0 Å². The third kappa shape index (κ3) is 4.35. The van der Waals surface area contributed by atoms with E-state index in [1.54, 1.807) is 18.2 Å². The molecule has 1 N–H and O–H groups in total. The van der Waals surface area contributed by atoms with Crippen LogP contribution in [0.3, 0.4) is 0 Å². The van der Waals surface area contributed by atoms with Gasteiger partial charge < -0.3 is 9.84 Å². The Morgan fingerprint density at radius 3 is 2.27 bits per heavy atom. The van der Waals surface area contributed by atoms with Crippen LogP contribution >= 0.6 is 0 Å². The number of sulfonamides is 1. The Hall–Kier alpha value is -2.97. The highest BCUT2D eigenvalue weighted by Crippen LogP contribution is 2.18. The molecule has 0 aliphatic carbocycles. The maximum absolute atomic E-state index is 13.0. The molecule has 0 radical (unpaired) electrons. The Balaban J connectivity index is 1.85. The monoisotopic (exact) mass is 371 g/mol. The summed E-state index contributed by atoms with van der Waals surface area (Å²) in [6.07, 6.45) is 1.32. The zero-order valence-electron chi connectivity index (χ0n) is 13.8. The van der Waals surface area contributed by atoms with Crippen LogP contribution in [0.5, 0.6) is 0 Å². The number of hydrogen-bond donors (Lipinski definition) is 1. The van der Waals surface area contributed by atoms with E-state index < -0.39 is 15.9 Å². The highest BCUT2D eigenvalue weighted by molar-refractivity contribution is 7.89. The fourth-order valence-electron chi connectivity index (χ4n) is 2.37. The third-order valence-electron chi connectivity index (χ3n) is 3.61. The maximum Gasteiger partial charge on any atom is 0.243 e. The molecule has 0 saturated carbocycles. The van der Waals surface area contributed by atoms with E-state index in [2.05, 4.69) is 15.0 Å². The van der Waals surface area contributed by atoms with E-state index in [0.717, 1.165) is 9.87 Å². The molecule has 0 fully saturated rings. The Labute approximate surface area is 151 Å². The van der Waals surface area contributed by atoms with Crippen molar-refractivity contribution in [2.24, 2.45) is 0 Å². The molecular weight excluding hydrogens is 354 g/mol. The quantitative estimate of drug-likeness (QED) is 0.689. The zero-order valence-corrected chi connectivity index (χ0v) is 14.6. The fourth-order valence-corrected chi connectivity index (χ4v) is 3.78. The minimum atomic E-state index is -3.84. The number of hydrogen-bond acceptors (Lipinski definition) is 5. The first-order valence-electron chi connectivity index (χ1n) is 7.85. The van der Waals surface area contributed by atoms with Crippen LogP contribution in [-0.2, 0) is 21.4 Å². The van der Waals surface area contributed by atoms with Gasteiger partial charge in [-0.3, -0.25) is 4.79 Å². The Kier molecular flexibility index (Phi) is 5.45. The van der Waals surface area contributed by atoms with Gasteiger partial charge in [-0.15, -0.1) is 0 Å². The molecule has 26 heavy (non-hydrogen) atoms. The van der Waals surface area contributed by atoms with Gasteiger partial charge in [0.1, 0.15) is 6.26 Å². The van der Waals surface area contributed by atoms with Gasteiger partial charge in [0.05, 0.1) is 11.4 Å². The number of anilines is 1. The molecule has 2 aromatic carbocycles. The van der Waals surface area contributed by atoms with E-state index in [9.17, 15) is 13.2 Å². The van der Waals surface area contributed by atoms with E-state index in [-0.39, 0.29) is 23.8 Å². The molecule has 1 heterocycles. The first-order valence-corrected chi connectivity index (χ1v) is 9.29. The number of amides is 1. The van der Waals surface area contributed by atoms with Gasteiger partial charge in [0.25, 0.3) is 0 Å². The van der Waals surface area contributed by atoms with Crippen molar-refractivity contribution in [3.05, 3.63) is 78.6 Å². The van der Waals surface area contributed by atoms with Gasteiger partial charge in [0.15, 0.2) is 5.82 Å². The van der Waals surface area contributed by atoms with Crippen LogP contribution in [0.15, 0.2) is 82.4 Å². The Morgan fingerprint density at radius 1 is 1.00 bits per heavy atom. The van der Waals surface area contributed by atoms with Crippen molar-refractivity contribution in [2.75, 3.05) is 11.9 Å². The molecule has 0 aliphatic heterocycles. The number of rotatable bonds is 7. The second kappa shape index (κ2) is 7.94. The second-order valence-corrected chi connectivity index (χ2v) is 7.44. The van der Waals surface area contributed by atoms with E-state index in [1.165, 1.54) is 24.5 Å². The summed E-state index contributed by atoms with van der Waals surface area (Å²) in [6.45, 7) is -0.275. The molecule has 0 unspecified atom stereocenters. The second-order valence-electron chi connectivity index (χ2n) is 5.50. The molecule has 3 aromatic rings. The van der Waals surface area contributed by atoms with E-state index >= 15 is 0 Å². The molecule has 1 amide bonds. The lowest BCUT2D eigenvalue weighted by molar-refractivity contribution is -0.116. The van der Waals surface area contributed by atoms with Gasteiger partial charge in [-0.2, -0.15) is 4.31 Å². The first kappa shape index (κ1) is 17.8. The van der Waals surface area contributed by atoms with Crippen LogP contribution in [0.2, 0.25) is 0 Å². The van der Waals surface area contributed by atoms with Crippen LogP contribution in [0.25, 0.3) is 0 Å². The molecule has 0 aliphatic rings. The zero-order chi connectivity index (χ0) is 18.4. The largest absolute Gasteiger partial charge is 0.363 e. The fraction of sp³-hybridized carbons (Fsp3) is 0.111. The first-order chi connectivity index (χ1) is 12.6. The summed E-state index contributed by atoms with van der Waals surface area (Å²) in [4.78, 5) is 12.4. The highest BCUT2D eigenvalue weighted by atomic mass is 32.2. The molecular formula is C18H17N3O4S. The van der Waals surface area contributed by atoms with Gasteiger partial charge in [0.2, 0.25) is 15.9 Å². The lowest BCUT2D eigenvalue weighted by Gasteiger charge is -2.21. The smallest absolute Gasteiger partial charge is 0.243 e. The SMILES string of the molecule is O=C(CN(Cc1ccccc1)S(=O)(=O)c1ccccc1)Nc1ccon1. The number of benzene rings is 2. The van der Waals surface area contributed by atoms with Crippen LogP contribution in [-0.4, -0.2) is 30.3 Å². The van der Waals surface area contributed by atoms with Gasteiger partial charge in [-0.1, -0.05) is 53.7 Å². The van der Waals surface area contributed by atoms with E-state index in [1.807, 2.05) is 30.3 Å². The van der Waals surface area contributed by atoms with Gasteiger partial charge >= 0.3 is 0 Å². The van der Waals surface area contributed by atoms with Crippen molar-refractivity contribution in [1.82, 2.24) is 9.46 Å². The molecule has 134 valence electrons. The van der Waals surface area contributed by atoms with Crippen molar-refractivity contribution in [3.63, 3.8) is 0 Å². The Bertz CT molecular complexity index is 943. The minimum absolute atomic E-state index is 0.0737. The molecule has 8 heteroatoms. The van der Waals surface area contributed by atoms with E-state index in [0.29, 0.717) is 0 Å². The van der Waals surface area contributed by atoms with Crippen LogP contribution in [0.4, 0.5) is 5.82 Å². The van der Waals surface area contributed by atoms with Crippen molar-refractivity contribution in [3.8, 4) is 0 Å². The van der Waals surface area contributed by atoms with Crippen LogP contribution in [0.1, 0.15) is 5.56 Å².